The van der Waals surface area contributed by atoms with E-state index in [4.69, 9.17) is 14.6 Å². The summed E-state index contributed by atoms with van der Waals surface area (Å²) in [7, 11) is -1.81. The number of aliphatic carboxylic acids is 1. The third-order valence-electron chi connectivity index (χ3n) is 6.20. The molecule has 2 unspecified atom stereocenters. The molecule has 0 amide bonds. The van der Waals surface area contributed by atoms with E-state index < -0.39 is 33.2 Å². The van der Waals surface area contributed by atoms with Gasteiger partial charge in [0, 0.05) is 49.1 Å². The van der Waals surface area contributed by atoms with E-state index in [2.05, 4.69) is 14.9 Å². The van der Waals surface area contributed by atoms with Gasteiger partial charge in [0.25, 0.3) is 0 Å². The number of sulfone groups is 1. The van der Waals surface area contributed by atoms with Crippen LogP contribution in [0.5, 0.6) is 5.88 Å². The van der Waals surface area contributed by atoms with Crippen molar-refractivity contribution in [2.45, 2.75) is 28.8 Å². The van der Waals surface area contributed by atoms with Crippen LogP contribution in [0.1, 0.15) is 17.0 Å². The van der Waals surface area contributed by atoms with Crippen molar-refractivity contribution in [2.24, 2.45) is 0 Å². The molecule has 1 saturated heterocycles. The SMILES string of the molecule is COc1ncccc1CN1CC2c3cc(-c4ccc(F)nc4)ccc3S(=O)(=O)C2C1.O=C(O)C(F)(F)F. The first-order valence-corrected chi connectivity index (χ1v) is 12.5. The van der Waals surface area contributed by atoms with Crippen LogP contribution in [-0.2, 0) is 21.2 Å². The number of hydrogen-bond acceptors (Lipinski definition) is 7. The van der Waals surface area contributed by atoms with Gasteiger partial charge in [-0.1, -0.05) is 12.1 Å². The van der Waals surface area contributed by atoms with Gasteiger partial charge in [0.05, 0.1) is 17.3 Å². The van der Waals surface area contributed by atoms with Gasteiger partial charge in [0.15, 0.2) is 9.84 Å². The number of rotatable bonds is 4. The Kier molecular flexibility index (Phi) is 7.20. The van der Waals surface area contributed by atoms with Crippen LogP contribution in [0.3, 0.4) is 0 Å². The van der Waals surface area contributed by atoms with Gasteiger partial charge >= 0.3 is 12.1 Å². The minimum absolute atomic E-state index is 0.0963. The third kappa shape index (κ3) is 5.42. The summed E-state index contributed by atoms with van der Waals surface area (Å²) in [4.78, 5) is 19.4. The number of alkyl halides is 3. The quantitative estimate of drug-likeness (QED) is 0.395. The minimum atomic E-state index is -5.08. The van der Waals surface area contributed by atoms with Crippen molar-refractivity contribution >= 4 is 15.8 Å². The number of ether oxygens (including phenoxy) is 1. The van der Waals surface area contributed by atoms with E-state index in [1.54, 1.807) is 31.5 Å². The first-order valence-electron chi connectivity index (χ1n) is 10.9. The average molecular weight is 540 g/mol. The number of carboxylic acid groups (broad SMARTS) is 1. The number of pyridine rings is 2. The Balaban J connectivity index is 0.000000405. The zero-order valence-corrected chi connectivity index (χ0v) is 20.1. The molecular weight excluding hydrogens is 518 g/mol. The van der Waals surface area contributed by atoms with Crippen molar-refractivity contribution < 1.29 is 40.6 Å². The fourth-order valence-corrected chi connectivity index (χ4v) is 6.74. The topological polar surface area (TPSA) is 110 Å². The van der Waals surface area contributed by atoms with Crippen LogP contribution < -0.4 is 4.74 Å². The van der Waals surface area contributed by atoms with Gasteiger partial charge in [-0.2, -0.15) is 17.6 Å². The molecule has 0 radical (unpaired) electrons. The Hall–Kier alpha value is -3.58. The maximum absolute atomic E-state index is 13.2. The molecule has 0 spiro atoms. The summed E-state index contributed by atoms with van der Waals surface area (Å²) < 4.78 is 76.5. The number of nitrogens with zero attached hydrogens (tertiary/aromatic N) is 3. The lowest BCUT2D eigenvalue weighted by molar-refractivity contribution is -0.192. The number of halogens is 4. The molecule has 0 aliphatic carbocycles. The Morgan fingerprint density at radius 3 is 2.46 bits per heavy atom. The van der Waals surface area contributed by atoms with Gasteiger partial charge in [-0.25, -0.2) is 23.2 Å². The summed E-state index contributed by atoms with van der Waals surface area (Å²) in [6.07, 6.45) is -1.94. The number of hydrogen-bond donors (Lipinski definition) is 1. The van der Waals surface area contributed by atoms with Crippen LogP contribution in [0.2, 0.25) is 0 Å². The number of fused-ring (bicyclic) bond motifs is 3. The fraction of sp³-hybridized carbons (Fsp3) is 0.292. The molecule has 5 rings (SSSR count). The van der Waals surface area contributed by atoms with Gasteiger partial charge in [0.1, 0.15) is 0 Å². The van der Waals surface area contributed by atoms with Gasteiger partial charge in [-0.15, -0.1) is 0 Å². The molecule has 2 aliphatic rings. The van der Waals surface area contributed by atoms with E-state index in [1.807, 2.05) is 18.2 Å². The summed E-state index contributed by atoms with van der Waals surface area (Å²) in [5.41, 5.74) is 3.37. The zero-order valence-electron chi connectivity index (χ0n) is 19.3. The highest BCUT2D eigenvalue weighted by Crippen LogP contribution is 2.46. The monoisotopic (exact) mass is 539 g/mol. The van der Waals surface area contributed by atoms with Crippen LogP contribution in [0.4, 0.5) is 17.6 Å². The van der Waals surface area contributed by atoms with E-state index in [0.717, 1.165) is 22.3 Å². The molecule has 3 aromatic rings. The molecule has 8 nitrogen and oxygen atoms in total. The molecule has 2 aromatic heterocycles. The van der Waals surface area contributed by atoms with Gasteiger partial charge in [-0.05, 0) is 41.5 Å². The van der Waals surface area contributed by atoms with E-state index in [0.29, 0.717) is 30.4 Å². The molecule has 4 heterocycles. The van der Waals surface area contributed by atoms with E-state index in [9.17, 15) is 26.0 Å². The van der Waals surface area contributed by atoms with Gasteiger partial charge in [-0.3, -0.25) is 4.90 Å². The standard InChI is InChI=1S/C22H20FN3O3S.C2HF3O2/c1-29-22-16(3-2-8-24-22)11-26-12-18-17-9-14(15-5-7-21(23)25-10-15)4-6-19(17)30(27,28)20(18)13-26;3-2(4,5)1(6)7/h2-10,18,20H,11-13H2,1H3;(H,6,7). The van der Waals surface area contributed by atoms with Crippen molar-refractivity contribution in [1.29, 1.82) is 0 Å². The molecule has 1 fully saturated rings. The zero-order chi connectivity index (χ0) is 27.0. The third-order valence-corrected chi connectivity index (χ3v) is 8.46. The van der Waals surface area contributed by atoms with Crippen LogP contribution in [-0.4, -0.2) is 66.0 Å². The Morgan fingerprint density at radius 1 is 1.14 bits per heavy atom. The molecule has 0 saturated carbocycles. The second-order valence-corrected chi connectivity index (χ2v) is 10.6. The van der Waals surface area contributed by atoms with E-state index in [-0.39, 0.29) is 5.92 Å². The lowest BCUT2D eigenvalue weighted by Crippen LogP contribution is -2.26. The number of aromatic nitrogens is 2. The lowest BCUT2D eigenvalue weighted by atomic mass is 9.95. The predicted molar refractivity (Wildman–Crippen MR) is 123 cm³/mol. The molecular formula is C24H21F4N3O5S. The van der Waals surface area contributed by atoms with Crippen molar-refractivity contribution in [3.8, 4) is 17.0 Å². The number of benzene rings is 1. The molecule has 1 aromatic carbocycles. The van der Waals surface area contributed by atoms with E-state index in [1.165, 1.54) is 12.3 Å². The maximum Gasteiger partial charge on any atom is 0.490 e. The molecule has 196 valence electrons. The van der Waals surface area contributed by atoms with E-state index >= 15 is 0 Å². The molecule has 1 N–H and O–H groups in total. The van der Waals surface area contributed by atoms with Crippen LogP contribution >= 0.6 is 0 Å². The number of methoxy groups -OCH3 is 1. The highest BCUT2D eigenvalue weighted by molar-refractivity contribution is 7.92. The van der Waals surface area contributed by atoms with Crippen LogP contribution in [0.25, 0.3) is 11.1 Å². The predicted octanol–water partition coefficient (Wildman–Crippen LogP) is 3.68. The summed E-state index contributed by atoms with van der Waals surface area (Å²) in [6.45, 7) is 1.68. The first-order chi connectivity index (χ1) is 17.4. The van der Waals surface area contributed by atoms with Crippen LogP contribution in [0, 0.1) is 5.95 Å². The van der Waals surface area contributed by atoms with Crippen molar-refractivity contribution in [3.05, 3.63) is 71.9 Å². The summed E-state index contributed by atoms with van der Waals surface area (Å²) in [6, 6.07) is 12.1. The van der Waals surface area contributed by atoms with Gasteiger partial charge < -0.3 is 9.84 Å². The Bertz CT molecular complexity index is 1410. The smallest absolute Gasteiger partial charge is 0.481 e. The Labute approximate surface area is 209 Å². The minimum Gasteiger partial charge on any atom is -0.481 e. The van der Waals surface area contributed by atoms with Crippen molar-refractivity contribution in [1.82, 2.24) is 14.9 Å². The summed E-state index contributed by atoms with van der Waals surface area (Å²) in [5, 5.41) is 6.66. The number of carbonyl (C=O) groups is 1. The highest BCUT2D eigenvalue weighted by Gasteiger charge is 2.50. The molecule has 37 heavy (non-hydrogen) atoms. The van der Waals surface area contributed by atoms with Crippen LogP contribution in [0.15, 0.2) is 59.8 Å². The van der Waals surface area contributed by atoms with Crippen molar-refractivity contribution in [3.63, 3.8) is 0 Å². The lowest BCUT2D eigenvalue weighted by Gasteiger charge is -2.18. The van der Waals surface area contributed by atoms with Crippen molar-refractivity contribution in [2.75, 3.05) is 20.2 Å². The average Bonchev–Trinajstić information content (AvgIpc) is 3.36. The molecule has 2 atom stereocenters. The largest absolute Gasteiger partial charge is 0.490 e. The second kappa shape index (κ2) is 10.1. The van der Waals surface area contributed by atoms with Gasteiger partial charge in [0.2, 0.25) is 11.8 Å². The normalized spacial score (nSPS) is 19.9. The molecule has 13 heteroatoms. The fourth-order valence-electron chi connectivity index (χ4n) is 4.55. The Morgan fingerprint density at radius 2 is 1.84 bits per heavy atom. The summed E-state index contributed by atoms with van der Waals surface area (Å²) >= 11 is 0. The highest BCUT2D eigenvalue weighted by atomic mass is 32.2. The number of likely N-dealkylation sites (tertiary alicyclic amines) is 1. The molecule has 0 bridgehead atoms. The summed E-state index contributed by atoms with van der Waals surface area (Å²) in [5.74, 6) is -2.84. The maximum atomic E-state index is 13.2. The second-order valence-electron chi connectivity index (χ2n) is 8.48. The molecule has 2 aliphatic heterocycles. The first kappa shape index (κ1) is 26.5. The number of carboxylic acids is 1.